The Morgan fingerprint density at radius 3 is 2.28 bits per heavy atom. The van der Waals surface area contributed by atoms with E-state index in [9.17, 15) is 9.59 Å². The molecular formula is C24H24N2O2S. The van der Waals surface area contributed by atoms with Crippen LogP contribution >= 0.6 is 11.3 Å². The second kappa shape index (κ2) is 9.05. The van der Waals surface area contributed by atoms with E-state index in [4.69, 9.17) is 0 Å². The minimum absolute atomic E-state index is 0.0862. The van der Waals surface area contributed by atoms with Crippen molar-refractivity contribution in [1.29, 1.82) is 0 Å². The summed E-state index contributed by atoms with van der Waals surface area (Å²) in [7, 11) is 0. The van der Waals surface area contributed by atoms with Crippen LogP contribution in [0.2, 0.25) is 0 Å². The molecule has 29 heavy (non-hydrogen) atoms. The van der Waals surface area contributed by atoms with Gasteiger partial charge in [0.05, 0.1) is 19.0 Å². The van der Waals surface area contributed by atoms with Crippen LogP contribution in [0.25, 0.3) is 0 Å². The first kappa shape index (κ1) is 19.4. The van der Waals surface area contributed by atoms with Crippen LogP contribution in [0.4, 0.5) is 0 Å². The van der Waals surface area contributed by atoms with Gasteiger partial charge in [-0.2, -0.15) is 0 Å². The molecule has 148 valence electrons. The summed E-state index contributed by atoms with van der Waals surface area (Å²) >= 11 is 1.67. The predicted octanol–water partition coefficient (Wildman–Crippen LogP) is 4.80. The average Bonchev–Trinajstić information content (AvgIpc) is 3.47. The van der Waals surface area contributed by atoms with Crippen molar-refractivity contribution in [2.24, 2.45) is 0 Å². The smallest absolute Gasteiger partial charge is 0.251 e. The Bertz CT molecular complexity index is 938. The van der Waals surface area contributed by atoms with E-state index >= 15 is 0 Å². The quantitative estimate of drug-likeness (QED) is 0.586. The molecule has 1 saturated carbocycles. The molecule has 1 heterocycles. The number of thiophene rings is 1. The number of nitrogens with one attached hydrogen (secondary N) is 1. The van der Waals surface area contributed by atoms with Crippen LogP contribution in [-0.2, 0) is 11.3 Å². The summed E-state index contributed by atoms with van der Waals surface area (Å²) in [6.07, 6.45) is 2.37. The van der Waals surface area contributed by atoms with Crippen molar-refractivity contribution in [2.75, 3.05) is 0 Å². The highest BCUT2D eigenvalue weighted by Gasteiger charge is 2.34. The number of rotatable bonds is 8. The largest absolute Gasteiger partial charge is 0.345 e. The van der Waals surface area contributed by atoms with Gasteiger partial charge in [0, 0.05) is 16.5 Å². The summed E-state index contributed by atoms with van der Waals surface area (Å²) in [6.45, 7) is 0.648. The molecule has 2 amide bonds. The number of carbonyl (C=O) groups excluding carboxylic acids is 2. The molecule has 0 aliphatic heterocycles. The van der Waals surface area contributed by atoms with E-state index in [1.807, 2.05) is 64.9 Å². The Balaban J connectivity index is 1.51. The lowest BCUT2D eigenvalue weighted by Gasteiger charge is -2.26. The second-order valence-electron chi connectivity index (χ2n) is 7.34. The molecule has 1 atom stereocenters. The van der Waals surface area contributed by atoms with Gasteiger partial charge in [-0.1, -0.05) is 54.6 Å². The van der Waals surface area contributed by atoms with E-state index in [2.05, 4.69) is 11.4 Å². The summed E-state index contributed by atoms with van der Waals surface area (Å²) in [4.78, 5) is 29.2. The Hall–Kier alpha value is -2.92. The topological polar surface area (TPSA) is 49.4 Å². The van der Waals surface area contributed by atoms with Gasteiger partial charge in [0.15, 0.2) is 0 Å². The van der Waals surface area contributed by atoms with E-state index in [0.29, 0.717) is 18.2 Å². The first-order valence-electron chi connectivity index (χ1n) is 9.93. The van der Waals surface area contributed by atoms with Gasteiger partial charge in [-0.3, -0.25) is 9.59 Å². The number of amides is 2. The van der Waals surface area contributed by atoms with E-state index in [1.165, 1.54) is 4.88 Å². The molecule has 0 saturated heterocycles. The fourth-order valence-electron chi connectivity index (χ4n) is 3.44. The summed E-state index contributed by atoms with van der Waals surface area (Å²) < 4.78 is 0. The third kappa shape index (κ3) is 5.12. The van der Waals surface area contributed by atoms with Crippen molar-refractivity contribution in [3.8, 4) is 0 Å². The summed E-state index contributed by atoms with van der Waals surface area (Å²) in [5.74, 6) is -0.0772. The fourth-order valence-corrected chi connectivity index (χ4v) is 4.14. The van der Waals surface area contributed by atoms with Crippen LogP contribution in [0.3, 0.4) is 0 Å². The van der Waals surface area contributed by atoms with E-state index in [0.717, 1.165) is 18.4 Å². The minimum atomic E-state index is -0.360. The Morgan fingerprint density at radius 2 is 1.66 bits per heavy atom. The predicted molar refractivity (Wildman–Crippen MR) is 116 cm³/mol. The molecule has 0 radical (unpaired) electrons. The van der Waals surface area contributed by atoms with Gasteiger partial charge in [-0.25, -0.2) is 0 Å². The molecule has 3 aromatic rings. The molecule has 0 bridgehead atoms. The highest BCUT2D eigenvalue weighted by Crippen LogP contribution is 2.31. The van der Waals surface area contributed by atoms with E-state index < -0.39 is 0 Å². The summed E-state index contributed by atoms with van der Waals surface area (Å²) in [5.41, 5.74) is 1.54. The molecular weight excluding hydrogens is 380 g/mol. The SMILES string of the molecule is O=C(NC(CC(=O)N(Cc1cccs1)C1CC1)c1ccccc1)c1ccccc1. The first-order valence-corrected chi connectivity index (χ1v) is 10.8. The van der Waals surface area contributed by atoms with Gasteiger partial charge in [0.2, 0.25) is 5.91 Å². The summed E-state index contributed by atoms with van der Waals surface area (Å²) in [5, 5.41) is 5.11. The average molecular weight is 405 g/mol. The summed E-state index contributed by atoms with van der Waals surface area (Å²) in [6, 6.07) is 22.9. The molecule has 1 aliphatic carbocycles. The maximum Gasteiger partial charge on any atom is 0.251 e. The zero-order valence-electron chi connectivity index (χ0n) is 16.2. The molecule has 1 aromatic heterocycles. The molecule has 1 aliphatic rings. The Morgan fingerprint density at radius 1 is 0.966 bits per heavy atom. The van der Waals surface area contributed by atoms with Gasteiger partial charge in [-0.15, -0.1) is 11.3 Å². The Kier molecular flexibility index (Phi) is 6.06. The molecule has 1 N–H and O–H groups in total. The maximum absolute atomic E-state index is 13.2. The standard InChI is InChI=1S/C24H24N2O2S/c27-23(26(20-13-14-20)17-21-12-7-15-29-21)16-22(18-8-3-1-4-9-18)25-24(28)19-10-5-2-6-11-19/h1-12,15,20,22H,13-14,16-17H2,(H,25,28). The number of hydrogen-bond acceptors (Lipinski definition) is 3. The monoisotopic (exact) mass is 404 g/mol. The van der Waals surface area contributed by atoms with Gasteiger partial charge < -0.3 is 10.2 Å². The zero-order chi connectivity index (χ0) is 20.1. The molecule has 1 unspecified atom stereocenters. The van der Waals surface area contributed by atoms with Gasteiger partial charge in [-0.05, 0) is 42.0 Å². The third-order valence-corrected chi connectivity index (χ3v) is 6.00. The van der Waals surface area contributed by atoms with Crippen LogP contribution in [0.5, 0.6) is 0 Å². The lowest BCUT2D eigenvalue weighted by molar-refractivity contribution is -0.132. The maximum atomic E-state index is 13.2. The molecule has 0 spiro atoms. The number of hydrogen-bond donors (Lipinski definition) is 1. The minimum Gasteiger partial charge on any atom is -0.345 e. The molecule has 2 aromatic carbocycles. The van der Waals surface area contributed by atoms with Crippen molar-refractivity contribution in [2.45, 2.75) is 37.9 Å². The van der Waals surface area contributed by atoms with Gasteiger partial charge in [0.1, 0.15) is 0 Å². The number of carbonyl (C=O) groups is 2. The van der Waals surface area contributed by atoms with Crippen molar-refractivity contribution < 1.29 is 9.59 Å². The lowest BCUT2D eigenvalue weighted by atomic mass is 10.0. The van der Waals surface area contributed by atoms with Gasteiger partial charge >= 0.3 is 0 Å². The van der Waals surface area contributed by atoms with E-state index in [1.54, 1.807) is 23.5 Å². The first-order chi connectivity index (χ1) is 14.2. The highest BCUT2D eigenvalue weighted by atomic mass is 32.1. The zero-order valence-corrected chi connectivity index (χ0v) is 17.0. The molecule has 4 nitrogen and oxygen atoms in total. The van der Waals surface area contributed by atoms with Crippen molar-refractivity contribution in [1.82, 2.24) is 10.2 Å². The van der Waals surface area contributed by atoms with Crippen LogP contribution in [0, 0.1) is 0 Å². The van der Waals surface area contributed by atoms with E-state index in [-0.39, 0.29) is 24.3 Å². The van der Waals surface area contributed by atoms with Crippen LogP contribution in [0.15, 0.2) is 78.2 Å². The fraction of sp³-hybridized carbons (Fsp3) is 0.250. The molecule has 5 heteroatoms. The Labute approximate surface area is 175 Å². The van der Waals surface area contributed by atoms with Crippen LogP contribution in [0.1, 0.15) is 46.1 Å². The van der Waals surface area contributed by atoms with Gasteiger partial charge in [0.25, 0.3) is 5.91 Å². The third-order valence-electron chi connectivity index (χ3n) is 5.14. The molecule has 4 rings (SSSR count). The van der Waals surface area contributed by atoms with Crippen LogP contribution < -0.4 is 5.32 Å². The highest BCUT2D eigenvalue weighted by molar-refractivity contribution is 7.09. The molecule has 1 fully saturated rings. The normalized spacial score (nSPS) is 14.2. The van der Waals surface area contributed by atoms with Crippen molar-refractivity contribution in [3.63, 3.8) is 0 Å². The number of nitrogens with zero attached hydrogens (tertiary/aromatic N) is 1. The second-order valence-corrected chi connectivity index (χ2v) is 8.37. The van der Waals surface area contributed by atoms with Crippen LogP contribution in [-0.4, -0.2) is 22.8 Å². The van der Waals surface area contributed by atoms with Crippen molar-refractivity contribution in [3.05, 3.63) is 94.2 Å². The van der Waals surface area contributed by atoms with Crippen molar-refractivity contribution >= 4 is 23.2 Å². The number of benzene rings is 2. The lowest BCUT2D eigenvalue weighted by Crippen LogP contribution is -2.37.